The number of nitrogens with one attached hydrogen (secondary N) is 1. The van der Waals surface area contributed by atoms with E-state index in [9.17, 15) is 9.18 Å². The van der Waals surface area contributed by atoms with Crippen LogP contribution in [0.3, 0.4) is 0 Å². The van der Waals surface area contributed by atoms with Crippen LogP contribution in [0.25, 0.3) is 11.5 Å². The molecule has 0 saturated heterocycles. The zero-order valence-electron chi connectivity index (χ0n) is 13.2. The summed E-state index contributed by atoms with van der Waals surface area (Å²) in [6.07, 6.45) is 0. The maximum atomic E-state index is 12.8. The highest BCUT2D eigenvalue weighted by Gasteiger charge is 2.14. The lowest BCUT2D eigenvalue weighted by molar-refractivity contribution is -0.113. The summed E-state index contributed by atoms with van der Waals surface area (Å²) in [5, 5.41) is 10.3. The number of rotatable bonds is 6. The second-order valence-corrected chi connectivity index (χ2v) is 5.95. The van der Waals surface area contributed by atoms with E-state index in [4.69, 9.17) is 9.15 Å². The second kappa shape index (κ2) is 7.80. The van der Waals surface area contributed by atoms with Gasteiger partial charge in [-0.05, 0) is 36.4 Å². The molecule has 1 heterocycles. The number of ether oxygens (including phenoxy) is 1. The number of para-hydroxylation sites is 1. The monoisotopic (exact) mass is 359 g/mol. The van der Waals surface area contributed by atoms with E-state index < -0.39 is 0 Å². The molecule has 8 heteroatoms. The normalized spacial score (nSPS) is 10.5. The van der Waals surface area contributed by atoms with Crippen LogP contribution in [0, 0.1) is 5.82 Å². The van der Waals surface area contributed by atoms with Gasteiger partial charge in [-0.1, -0.05) is 17.2 Å². The Morgan fingerprint density at radius 2 is 1.96 bits per heavy atom. The number of hydrogen-bond donors (Lipinski definition) is 1. The first-order chi connectivity index (χ1) is 12.2. The van der Waals surface area contributed by atoms with Crippen molar-refractivity contribution in [2.75, 3.05) is 18.2 Å². The molecule has 6 nitrogen and oxygen atoms in total. The molecule has 1 aromatic heterocycles. The summed E-state index contributed by atoms with van der Waals surface area (Å²) in [6, 6.07) is 13.1. The van der Waals surface area contributed by atoms with Gasteiger partial charge in [-0.2, -0.15) is 0 Å². The van der Waals surface area contributed by atoms with Gasteiger partial charge in [0.2, 0.25) is 5.91 Å². The van der Waals surface area contributed by atoms with Crippen molar-refractivity contribution in [2.45, 2.75) is 4.90 Å². The maximum absolute atomic E-state index is 12.8. The first-order valence-corrected chi connectivity index (χ1v) is 8.29. The first kappa shape index (κ1) is 17.0. The van der Waals surface area contributed by atoms with E-state index in [0.717, 1.165) is 4.90 Å². The third-order valence-corrected chi connectivity index (χ3v) is 4.20. The van der Waals surface area contributed by atoms with Gasteiger partial charge in [-0.25, -0.2) is 4.39 Å². The van der Waals surface area contributed by atoms with E-state index in [2.05, 4.69) is 15.5 Å². The molecule has 0 bridgehead atoms. The molecule has 1 amide bonds. The van der Waals surface area contributed by atoms with Gasteiger partial charge >= 0.3 is 6.01 Å². The number of amides is 1. The topological polar surface area (TPSA) is 77.3 Å². The standard InChI is InChI=1S/C17H14FN3O3S/c1-23-14-5-3-2-4-13(14)16-20-21-17(24-16)19-15(22)10-25-12-8-6-11(18)7-9-12/h2-9H,10H2,1H3,(H,19,21,22). The van der Waals surface area contributed by atoms with Crippen LogP contribution in [0.15, 0.2) is 57.8 Å². The Balaban J connectivity index is 1.61. The summed E-state index contributed by atoms with van der Waals surface area (Å²) >= 11 is 1.28. The van der Waals surface area contributed by atoms with Crippen LogP contribution in [-0.4, -0.2) is 29.0 Å². The van der Waals surface area contributed by atoms with Crippen LogP contribution in [0.5, 0.6) is 5.75 Å². The van der Waals surface area contributed by atoms with Crippen molar-refractivity contribution in [1.82, 2.24) is 10.2 Å². The molecule has 25 heavy (non-hydrogen) atoms. The molecular weight excluding hydrogens is 345 g/mol. The van der Waals surface area contributed by atoms with Crippen molar-refractivity contribution in [3.8, 4) is 17.2 Å². The van der Waals surface area contributed by atoms with Crippen molar-refractivity contribution in [1.29, 1.82) is 0 Å². The molecule has 0 aliphatic carbocycles. The van der Waals surface area contributed by atoms with Crippen LogP contribution >= 0.6 is 11.8 Å². The highest BCUT2D eigenvalue weighted by Crippen LogP contribution is 2.29. The molecule has 0 aliphatic heterocycles. The Labute approximate surface area is 147 Å². The predicted molar refractivity (Wildman–Crippen MR) is 92.0 cm³/mol. The Kier molecular flexibility index (Phi) is 5.30. The molecule has 2 aromatic carbocycles. The summed E-state index contributed by atoms with van der Waals surface area (Å²) in [5.74, 6) is 0.362. The van der Waals surface area contributed by atoms with E-state index in [0.29, 0.717) is 11.3 Å². The van der Waals surface area contributed by atoms with Crippen molar-refractivity contribution in [2.24, 2.45) is 0 Å². The molecule has 3 aromatic rings. The highest BCUT2D eigenvalue weighted by atomic mass is 32.2. The molecule has 128 valence electrons. The fourth-order valence-corrected chi connectivity index (χ4v) is 2.74. The number of nitrogens with zero attached hydrogens (tertiary/aromatic N) is 2. The average molecular weight is 359 g/mol. The average Bonchev–Trinajstić information content (AvgIpc) is 3.09. The van der Waals surface area contributed by atoms with E-state index >= 15 is 0 Å². The van der Waals surface area contributed by atoms with Gasteiger partial charge < -0.3 is 9.15 Å². The SMILES string of the molecule is COc1ccccc1-c1nnc(NC(=O)CSc2ccc(F)cc2)o1. The minimum Gasteiger partial charge on any atom is -0.496 e. The lowest BCUT2D eigenvalue weighted by Crippen LogP contribution is -2.14. The third kappa shape index (κ3) is 4.36. The van der Waals surface area contributed by atoms with Crippen molar-refractivity contribution < 1.29 is 18.3 Å². The largest absolute Gasteiger partial charge is 0.496 e. The first-order valence-electron chi connectivity index (χ1n) is 7.31. The number of hydrogen-bond acceptors (Lipinski definition) is 6. The Hall–Kier alpha value is -2.87. The summed E-state index contributed by atoms with van der Waals surface area (Å²) < 4.78 is 23.5. The van der Waals surface area contributed by atoms with Gasteiger partial charge in [0, 0.05) is 4.90 Å². The van der Waals surface area contributed by atoms with Gasteiger partial charge in [0.15, 0.2) is 0 Å². The van der Waals surface area contributed by atoms with Gasteiger partial charge in [-0.15, -0.1) is 16.9 Å². The van der Waals surface area contributed by atoms with Crippen LogP contribution in [0.2, 0.25) is 0 Å². The predicted octanol–water partition coefficient (Wildman–Crippen LogP) is 3.62. The summed E-state index contributed by atoms with van der Waals surface area (Å²) in [6.45, 7) is 0. The number of carbonyl (C=O) groups is 1. The number of benzene rings is 2. The van der Waals surface area contributed by atoms with Gasteiger partial charge in [-0.3, -0.25) is 10.1 Å². The van der Waals surface area contributed by atoms with Crippen molar-refractivity contribution in [3.63, 3.8) is 0 Å². The number of carbonyl (C=O) groups excluding carboxylic acids is 1. The maximum Gasteiger partial charge on any atom is 0.322 e. The zero-order chi connectivity index (χ0) is 17.6. The van der Waals surface area contributed by atoms with E-state index in [-0.39, 0.29) is 29.4 Å². The summed E-state index contributed by atoms with van der Waals surface area (Å²) in [5.41, 5.74) is 0.638. The van der Waals surface area contributed by atoms with Gasteiger partial charge in [0.05, 0.1) is 18.4 Å². The molecule has 0 unspecified atom stereocenters. The van der Waals surface area contributed by atoms with Gasteiger partial charge in [0.25, 0.3) is 5.89 Å². The third-order valence-electron chi connectivity index (χ3n) is 3.19. The molecule has 0 radical (unpaired) electrons. The molecular formula is C17H14FN3O3S. The fraction of sp³-hybridized carbons (Fsp3) is 0.118. The Bertz CT molecular complexity index is 868. The number of thioether (sulfide) groups is 1. The molecule has 0 saturated carbocycles. The van der Waals surface area contributed by atoms with E-state index in [1.54, 1.807) is 31.4 Å². The van der Waals surface area contributed by atoms with Crippen LogP contribution in [0.1, 0.15) is 0 Å². The quantitative estimate of drug-likeness (QED) is 0.678. The molecule has 1 N–H and O–H groups in total. The number of halogens is 1. The molecule has 0 spiro atoms. The molecule has 0 fully saturated rings. The molecule has 0 aliphatic rings. The Morgan fingerprint density at radius 1 is 1.20 bits per heavy atom. The van der Waals surface area contributed by atoms with Gasteiger partial charge in [0.1, 0.15) is 11.6 Å². The molecule has 3 rings (SSSR count). The van der Waals surface area contributed by atoms with Crippen LogP contribution < -0.4 is 10.1 Å². The highest BCUT2D eigenvalue weighted by molar-refractivity contribution is 8.00. The van der Waals surface area contributed by atoms with Crippen LogP contribution in [0.4, 0.5) is 10.4 Å². The van der Waals surface area contributed by atoms with Crippen molar-refractivity contribution in [3.05, 3.63) is 54.3 Å². The minimum atomic E-state index is -0.316. The smallest absolute Gasteiger partial charge is 0.322 e. The van der Waals surface area contributed by atoms with E-state index in [1.807, 2.05) is 12.1 Å². The van der Waals surface area contributed by atoms with E-state index in [1.165, 1.54) is 23.9 Å². The van der Waals surface area contributed by atoms with Crippen LogP contribution in [-0.2, 0) is 4.79 Å². The second-order valence-electron chi connectivity index (χ2n) is 4.90. The fourth-order valence-electron chi connectivity index (χ4n) is 2.04. The number of aromatic nitrogens is 2. The molecule has 0 atom stereocenters. The minimum absolute atomic E-state index is 0.00520. The number of anilines is 1. The summed E-state index contributed by atoms with van der Waals surface area (Å²) in [7, 11) is 1.55. The Morgan fingerprint density at radius 3 is 2.72 bits per heavy atom. The number of methoxy groups -OCH3 is 1. The zero-order valence-corrected chi connectivity index (χ0v) is 14.0. The summed E-state index contributed by atoms with van der Waals surface area (Å²) in [4.78, 5) is 12.8. The lowest BCUT2D eigenvalue weighted by Gasteiger charge is -2.03. The van der Waals surface area contributed by atoms with Crippen molar-refractivity contribution >= 4 is 23.7 Å². The lowest BCUT2D eigenvalue weighted by atomic mass is 10.2.